The van der Waals surface area contributed by atoms with Crippen molar-refractivity contribution in [3.63, 3.8) is 0 Å². The van der Waals surface area contributed by atoms with Crippen molar-refractivity contribution in [1.29, 1.82) is 5.41 Å². The van der Waals surface area contributed by atoms with Gasteiger partial charge in [-0.3, -0.25) is 4.98 Å². The number of hydrogen-bond acceptors (Lipinski definition) is 8. The normalized spacial score (nSPS) is 23.0. The Hall–Kier alpha value is -3.29. The fourth-order valence-electron chi connectivity index (χ4n) is 3.92. The van der Waals surface area contributed by atoms with E-state index in [1.54, 1.807) is 13.3 Å². The van der Waals surface area contributed by atoms with Crippen LogP contribution in [0.15, 0.2) is 53.2 Å². The van der Waals surface area contributed by atoms with E-state index in [9.17, 15) is 0 Å². The van der Waals surface area contributed by atoms with E-state index in [2.05, 4.69) is 39.0 Å². The van der Waals surface area contributed by atoms with E-state index in [4.69, 9.17) is 10.1 Å². The molecule has 0 saturated heterocycles. The number of ether oxygens (including phenoxy) is 1. The first kappa shape index (κ1) is 19.0. The Morgan fingerprint density at radius 3 is 3.10 bits per heavy atom. The molecule has 4 N–H and O–H groups in total. The standard InChI is InChI=1S/C21H27N7O/c1-3-24-19-7-6-16(9-14(19)11-22)25-21-26-20-18(5-4-8-28(20)27-21)15-10-17(29-2)13-23-12-15/h4-5,8,10-13,16,20,22,24H,3,6-7,9H2,1-2H3,(H2,25,26,27). The largest absolute Gasteiger partial charge is 0.495 e. The van der Waals surface area contributed by atoms with Crippen LogP contribution in [0.4, 0.5) is 0 Å². The second-order valence-corrected chi connectivity index (χ2v) is 7.21. The van der Waals surface area contributed by atoms with Crippen molar-refractivity contribution in [2.75, 3.05) is 13.7 Å². The summed E-state index contributed by atoms with van der Waals surface area (Å²) in [4.78, 5) is 4.28. The lowest BCUT2D eigenvalue weighted by Gasteiger charge is -2.28. The van der Waals surface area contributed by atoms with E-state index in [1.165, 1.54) is 11.9 Å². The van der Waals surface area contributed by atoms with Crippen molar-refractivity contribution in [1.82, 2.24) is 25.9 Å². The van der Waals surface area contributed by atoms with Crippen LogP contribution in [0.5, 0.6) is 5.75 Å². The predicted molar refractivity (Wildman–Crippen MR) is 114 cm³/mol. The van der Waals surface area contributed by atoms with Gasteiger partial charge in [-0.1, -0.05) is 6.08 Å². The van der Waals surface area contributed by atoms with Gasteiger partial charge in [0.05, 0.1) is 13.3 Å². The molecular weight excluding hydrogens is 366 g/mol. The van der Waals surface area contributed by atoms with E-state index >= 15 is 0 Å². The summed E-state index contributed by atoms with van der Waals surface area (Å²) < 4.78 is 5.31. The first-order valence-electron chi connectivity index (χ1n) is 9.96. The molecule has 0 amide bonds. The maximum atomic E-state index is 7.73. The Balaban J connectivity index is 1.45. The minimum absolute atomic E-state index is 0.0879. The lowest BCUT2D eigenvalue weighted by Crippen LogP contribution is -2.46. The molecule has 2 aliphatic heterocycles. The zero-order valence-corrected chi connectivity index (χ0v) is 16.8. The monoisotopic (exact) mass is 393 g/mol. The van der Waals surface area contributed by atoms with Gasteiger partial charge in [0.15, 0.2) is 0 Å². The topological polar surface area (TPSA) is 97.7 Å². The Morgan fingerprint density at radius 2 is 2.31 bits per heavy atom. The lowest BCUT2D eigenvalue weighted by atomic mass is 9.92. The van der Waals surface area contributed by atoms with Gasteiger partial charge in [-0.15, -0.1) is 5.10 Å². The Bertz CT molecular complexity index is 902. The van der Waals surface area contributed by atoms with Crippen LogP contribution in [-0.2, 0) is 0 Å². The van der Waals surface area contributed by atoms with Crippen LogP contribution < -0.4 is 20.7 Å². The number of guanidine groups is 1. The molecular formula is C21H27N7O. The third kappa shape index (κ3) is 3.96. The zero-order chi connectivity index (χ0) is 20.2. The van der Waals surface area contributed by atoms with E-state index in [0.717, 1.165) is 54.2 Å². The number of nitrogens with zero attached hydrogens (tertiary/aromatic N) is 3. The van der Waals surface area contributed by atoms with Crippen molar-refractivity contribution in [2.45, 2.75) is 38.4 Å². The highest BCUT2D eigenvalue weighted by atomic mass is 16.5. The van der Waals surface area contributed by atoms with E-state index in [0.29, 0.717) is 0 Å². The van der Waals surface area contributed by atoms with Gasteiger partial charge in [0.1, 0.15) is 11.9 Å². The van der Waals surface area contributed by atoms with Gasteiger partial charge in [0, 0.05) is 48.0 Å². The Kier molecular flexibility index (Phi) is 5.50. The molecule has 0 aromatic carbocycles. The molecule has 0 saturated carbocycles. The molecule has 0 radical (unpaired) electrons. The molecule has 4 rings (SSSR count). The van der Waals surface area contributed by atoms with E-state index in [1.807, 2.05) is 29.5 Å². The van der Waals surface area contributed by atoms with Crippen LogP contribution in [-0.4, -0.2) is 48.0 Å². The van der Waals surface area contributed by atoms with Crippen molar-refractivity contribution in [2.24, 2.45) is 5.10 Å². The minimum Gasteiger partial charge on any atom is -0.495 e. The number of methoxy groups -OCH3 is 1. The van der Waals surface area contributed by atoms with Crippen LogP contribution in [0, 0.1) is 5.41 Å². The van der Waals surface area contributed by atoms with Crippen LogP contribution in [0.25, 0.3) is 5.57 Å². The number of aromatic nitrogens is 1. The van der Waals surface area contributed by atoms with Gasteiger partial charge < -0.3 is 26.1 Å². The average Bonchev–Trinajstić information content (AvgIpc) is 3.17. The summed E-state index contributed by atoms with van der Waals surface area (Å²) in [5, 5.41) is 24.7. The highest BCUT2D eigenvalue weighted by molar-refractivity contribution is 5.86. The first-order valence-corrected chi connectivity index (χ1v) is 9.96. The first-order chi connectivity index (χ1) is 14.2. The molecule has 8 nitrogen and oxygen atoms in total. The fraction of sp³-hybridized carbons (Fsp3) is 0.381. The zero-order valence-electron chi connectivity index (χ0n) is 16.8. The second kappa shape index (κ2) is 8.38. The number of hydrazone groups is 1. The molecule has 0 spiro atoms. The van der Waals surface area contributed by atoms with Crippen molar-refractivity contribution in [3.05, 3.63) is 53.6 Å². The summed E-state index contributed by atoms with van der Waals surface area (Å²) in [6.45, 7) is 2.97. The molecule has 1 aromatic heterocycles. The molecule has 8 heteroatoms. The molecule has 0 fully saturated rings. The van der Waals surface area contributed by atoms with Gasteiger partial charge in [-0.05, 0) is 43.9 Å². The third-order valence-corrected chi connectivity index (χ3v) is 5.35. The SMILES string of the molecule is CCNC1=C(C=N)CC(NC2=NN3C=CC=C(c4cncc(OC)c4)C3N2)CC1. The molecule has 0 bridgehead atoms. The Morgan fingerprint density at radius 1 is 1.41 bits per heavy atom. The van der Waals surface area contributed by atoms with Gasteiger partial charge >= 0.3 is 0 Å². The molecule has 1 aliphatic carbocycles. The van der Waals surface area contributed by atoms with Crippen LogP contribution in [0.1, 0.15) is 31.7 Å². The summed E-state index contributed by atoms with van der Waals surface area (Å²) in [5.41, 5.74) is 4.33. The molecule has 152 valence electrons. The highest BCUT2D eigenvalue weighted by Crippen LogP contribution is 2.29. The summed E-state index contributed by atoms with van der Waals surface area (Å²) >= 11 is 0. The third-order valence-electron chi connectivity index (χ3n) is 5.35. The van der Waals surface area contributed by atoms with Gasteiger partial charge in [-0.25, -0.2) is 5.01 Å². The lowest BCUT2D eigenvalue weighted by molar-refractivity contribution is 0.359. The number of hydrogen-bond donors (Lipinski definition) is 4. The van der Waals surface area contributed by atoms with Crippen molar-refractivity contribution in [3.8, 4) is 5.75 Å². The summed E-state index contributed by atoms with van der Waals surface area (Å²) in [6.07, 6.45) is 13.7. The smallest absolute Gasteiger partial charge is 0.216 e. The number of nitrogens with one attached hydrogen (secondary N) is 4. The number of allylic oxidation sites excluding steroid dienone is 3. The predicted octanol–water partition coefficient (Wildman–Crippen LogP) is 2.16. The Labute approximate surface area is 170 Å². The number of fused-ring (bicyclic) bond motifs is 1. The molecule has 2 unspecified atom stereocenters. The fourth-order valence-corrected chi connectivity index (χ4v) is 3.92. The molecule has 3 aliphatic rings. The second-order valence-electron chi connectivity index (χ2n) is 7.21. The number of rotatable bonds is 6. The molecule has 3 heterocycles. The maximum Gasteiger partial charge on any atom is 0.216 e. The molecule has 2 atom stereocenters. The highest BCUT2D eigenvalue weighted by Gasteiger charge is 2.31. The van der Waals surface area contributed by atoms with E-state index in [-0.39, 0.29) is 12.2 Å². The summed E-state index contributed by atoms with van der Waals surface area (Å²) in [6, 6.07) is 2.23. The van der Waals surface area contributed by atoms with Gasteiger partial charge in [-0.2, -0.15) is 0 Å². The maximum absolute atomic E-state index is 7.73. The summed E-state index contributed by atoms with van der Waals surface area (Å²) in [5.74, 6) is 1.48. The van der Waals surface area contributed by atoms with Crippen LogP contribution >= 0.6 is 0 Å². The minimum atomic E-state index is -0.0879. The molecule has 1 aromatic rings. The van der Waals surface area contributed by atoms with Gasteiger partial charge in [0.2, 0.25) is 5.96 Å². The van der Waals surface area contributed by atoms with Crippen molar-refractivity contribution < 1.29 is 4.74 Å². The van der Waals surface area contributed by atoms with Crippen molar-refractivity contribution >= 4 is 17.7 Å². The van der Waals surface area contributed by atoms with Crippen LogP contribution in [0.2, 0.25) is 0 Å². The molecule has 29 heavy (non-hydrogen) atoms. The van der Waals surface area contributed by atoms with Crippen LogP contribution in [0.3, 0.4) is 0 Å². The number of pyridine rings is 1. The quantitative estimate of drug-likeness (QED) is 0.553. The summed E-state index contributed by atoms with van der Waals surface area (Å²) in [7, 11) is 1.64. The van der Waals surface area contributed by atoms with E-state index < -0.39 is 0 Å². The average molecular weight is 393 g/mol. The van der Waals surface area contributed by atoms with Gasteiger partial charge in [0.25, 0.3) is 0 Å².